The summed E-state index contributed by atoms with van der Waals surface area (Å²) < 4.78 is 10.8. The lowest BCUT2D eigenvalue weighted by Crippen LogP contribution is -2.22. The molecule has 1 atom stereocenters. The lowest BCUT2D eigenvalue weighted by molar-refractivity contribution is 0.410. The highest BCUT2D eigenvalue weighted by molar-refractivity contribution is 5.55. The summed E-state index contributed by atoms with van der Waals surface area (Å²) in [6.45, 7) is 0.924. The van der Waals surface area contributed by atoms with Crippen molar-refractivity contribution in [1.82, 2.24) is 10.1 Å². The molecule has 4 rings (SSSR count). The molecule has 3 aromatic rings. The Balaban J connectivity index is 1.60. The number of hydrogen-bond donors (Lipinski definition) is 0. The zero-order valence-corrected chi connectivity index (χ0v) is 13.6. The summed E-state index contributed by atoms with van der Waals surface area (Å²) in [6, 6.07) is 19.0. The molecule has 1 saturated heterocycles. The fourth-order valence-electron chi connectivity index (χ4n) is 3.20. The molecule has 5 nitrogen and oxygen atoms in total. The molecule has 0 saturated carbocycles. The van der Waals surface area contributed by atoms with Gasteiger partial charge < -0.3 is 14.2 Å². The topological polar surface area (TPSA) is 51.4 Å². The minimum Gasteiger partial charge on any atom is -0.497 e. The number of ether oxygens (including phenoxy) is 1. The van der Waals surface area contributed by atoms with Crippen molar-refractivity contribution in [3.8, 4) is 17.1 Å². The van der Waals surface area contributed by atoms with Crippen molar-refractivity contribution >= 4 is 6.01 Å². The molecule has 0 aliphatic carbocycles. The first-order valence-corrected chi connectivity index (χ1v) is 8.15. The molecule has 2 heterocycles. The SMILES string of the molecule is COc1ccc(C2CCCN2c2nc(-c3ccccc3)no2)cc1. The Labute approximate surface area is 140 Å². The minimum atomic E-state index is 0.264. The minimum absolute atomic E-state index is 0.264. The van der Waals surface area contributed by atoms with Crippen molar-refractivity contribution in [3.05, 3.63) is 60.2 Å². The first-order valence-electron chi connectivity index (χ1n) is 8.15. The summed E-state index contributed by atoms with van der Waals surface area (Å²) in [7, 11) is 1.68. The molecule has 5 heteroatoms. The van der Waals surface area contributed by atoms with Gasteiger partial charge in [0.15, 0.2) is 0 Å². The molecule has 0 N–H and O–H groups in total. The molecule has 1 aliphatic heterocycles. The maximum absolute atomic E-state index is 5.54. The smallest absolute Gasteiger partial charge is 0.324 e. The predicted octanol–water partition coefficient (Wildman–Crippen LogP) is 4.09. The highest BCUT2D eigenvalue weighted by Gasteiger charge is 2.30. The van der Waals surface area contributed by atoms with Crippen LogP contribution in [0.4, 0.5) is 6.01 Å². The van der Waals surface area contributed by atoms with Gasteiger partial charge >= 0.3 is 6.01 Å². The molecule has 0 spiro atoms. The maximum atomic E-state index is 5.54. The number of rotatable bonds is 4. The number of aromatic nitrogens is 2. The van der Waals surface area contributed by atoms with E-state index < -0.39 is 0 Å². The zero-order chi connectivity index (χ0) is 16.4. The summed E-state index contributed by atoms with van der Waals surface area (Å²) in [4.78, 5) is 6.79. The van der Waals surface area contributed by atoms with Crippen LogP contribution in [0.5, 0.6) is 5.75 Å². The standard InChI is InChI=1S/C19H19N3O2/c1-23-16-11-9-14(10-12-16)17-8-5-13-22(17)19-20-18(21-24-19)15-6-3-2-4-7-15/h2-4,6-7,9-12,17H,5,8,13H2,1H3. The fraction of sp³-hybridized carbons (Fsp3) is 0.263. The van der Waals surface area contributed by atoms with Gasteiger partial charge in [-0.25, -0.2) is 0 Å². The van der Waals surface area contributed by atoms with Gasteiger partial charge in [-0.15, -0.1) is 0 Å². The van der Waals surface area contributed by atoms with E-state index in [1.54, 1.807) is 7.11 Å². The van der Waals surface area contributed by atoms with Gasteiger partial charge in [0.25, 0.3) is 0 Å². The Hall–Kier alpha value is -2.82. The largest absolute Gasteiger partial charge is 0.497 e. The summed E-state index contributed by atoms with van der Waals surface area (Å²) in [5, 5.41) is 4.14. The van der Waals surface area contributed by atoms with E-state index in [0.717, 1.165) is 30.7 Å². The Kier molecular flexibility index (Phi) is 3.91. The first kappa shape index (κ1) is 14.8. The van der Waals surface area contributed by atoms with Crippen LogP contribution in [0, 0.1) is 0 Å². The number of anilines is 1. The number of benzene rings is 2. The lowest BCUT2D eigenvalue weighted by atomic mass is 10.0. The Morgan fingerprint density at radius 3 is 2.62 bits per heavy atom. The van der Waals surface area contributed by atoms with Crippen LogP contribution >= 0.6 is 0 Å². The van der Waals surface area contributed by atoms with E-state index in [0.29, 0.717) is 11.8 Å². The van der Waals surface area contributed by atoms with Crippen LogP contribution < -0.4 is 9.64 Å². The first-order chi connectivity index (χ1) is 11.8. The average Bonchev–Trinajstić information content (AvgIpc) is 3.32. The van der Waals surface area contributed by atoms with Gasteiger partial charge in [-0.3, -0.25) is 0 Å². The second kappa shape index (κ2) is 6.35. The van der Waals surface area contributed by atoms with Crippen LogP contribution in [0.1, 0.15) is 24.4 Å². The third-order valence-electron chi connectivity index (χ3n) is 4.45. The third-order valence-corrected chi connectivity index (χ3v) is 4.45. The van der Waals surface area contributed by atoms with Gasteiger partial charge in [-0.1, -0.05) is 47.6 Å². The highest BCUT2D eigenvalue weighted by Crippen LogP contribution is 2.36. The van der Waals surface area contributed by atoms with Gasteiger partial charge in [0, 0.05) is 12.1 Å². The maximum Gasteiger partial charge on any atom is 0.324 e. The van der Waals surface area contributed by atoms with Gasteiger partial charge in [-0.2, -0.15) is 4.98 Å². The summed E-state index contributed by atoms with van der Waals surface area (Å²) >= 11 is 0. The third kappa shape index (κ3) is 2.73. The van der Waals surface area contributed by atoms with Gasteiger partial charge in [0.05, 0.1) is 13.2 Å². The predicted molar refractivity (Wildman–Crippen MR) is 92.0 cm³/mol. The summed E-state index contributed by atoms with van der Waals surface area (Å²) in [5.74, 6) is 1.50. The van der Waals surface area contributed by atoms with E-state index in [1.807, 2.05) is 42.5 Å². The molecule has 0 radical (unpaired) electrons. The Morgan fingerprint density at radius 2 is 1.88 bits per heavy atom. The van der Waals surface area contributed by atoms with Crippen LogP contribution in [-0.4, -0.2) is 23.8 Å². The van der Waals surface area contributed by atoms with Crippen LogP contribution in [0.25, 0.3) is 11.4 Å². The van der Waals surface area contributed by atoms with Crippen LogP contribution in [0.2, 0.25) is 0 Å². The van der Waals surface area contributed by atoms with E-state index in [4.69, 9.17) is 9.26 Å². The van der Waals surface area contributed by atoms with Gasteiger partial charge in [-0.05, 0) is 30.5 Å². The zero-order valence-electron chi connectivity index (χ0n) is 13.6. The molecule has 1 fully saturated rings. The van der Waals surface area contributed by atoms with Gasteiger partial charge in [0.1, 0.15) is 5.75 Å². The molecule has 2 aromatic carbocycles. The van der Waals surface area contributed by atoms with Crippen molar-refractivity contribution in [2.45, 2.75) is 18.9 Å². The van der Waals surface area contributed by atoms with E-state index in [-0.39, 0.29) is 6.04 Å². The Morgan fingerprint density at radius 1 is 1.08 bits per heavy atom. The van der Waals surface area contributed by atoms with Crippen LogP contribution in [0.3, 0.4) is 0 Å². The summed E-state index contributed by atoms with van der Waals surface area (Å²) in [6.07, 6.45) is 2.19. The van der Waals surface area contributed by atoms with Crippen molar-refractivity contribution in [3.63, 3.8) is 0 Å². The normalized spacial score (nSPS) is 17.2. The average molecular weight is 321 g/mol. The van der Waals surface area contributed by atoms with E-state index >= 15 is 0 Å². The Bertz CT molecular complexity index is 799. The number of hydrogen-bond acceptors (Lipinski definition) is 5. The van der Waals surface area contributed by atoms with Crippen molar-refractivity contribution in [2.24, 2.45) is 0 Å². The number of methoxy groups -OCH3 is 1. The summed E-state index contributed by atoms with van der Waals surface area (Å²) in [5.41, 5.74) is 2.21. The molecule has 122 valence electrons. The van der Waals surface area contributed by atoms with Crippen LogP contribution in [0.15, 0.2) is 59.1 Å². The second-order valence-electron chi connectivity index (χ2n) is 5.89. The monoisotopic (exact) mass is 321 g/mol. The molecule has 1 aromatic heterocycles. The molecule has 0 bridgehead atoms. The quantitative estimate of drug-likeness (QED) is 0.724. The van der Waals surface area contributed by atoms with E-state index in [2.05, 4.69) is 27.2 Å². The van der Waals surface area contributed by atoms with Gasteiger partial charge in [0.2, 0.25) is 5.82 Å². The highest BCUT2D eigenvalue weighted by atomic mass is 16.5. The molecule has 0 amide bonds. The number of nitrogens with zero attached hydrogens (tertiary/aromatic N) is 3. The van der Waals surface area contributed by atoms with E-state index in [9.17, 15) is 0 Å². The van der Waals surface area contributed by atoms with Crippen molar-refractivity contribution in [2.75, 3.05) is 18.6 Å². The lowest BCUT2D eigenvalue weighted by Gasteiger charge is -2.22. The second-order valence-corrected chi connectivity index (χ2v) is 5.89. The molecule has 1 unspecified atom stereocenters. The molecular formula is C19H19N3O2. The fourth-order valence-corrected chi connectivity index (χ4v) is 3.20. The molecule has 1 aliphatic rings. The van der Waals surface area contributed by atoms with Crippen LogP contribution in [-0.2, 0) is 0 Å². The molecular weight excluding hydrogens is 302 g/mol. The van der Waals surface area contributed by atoms with Crippen molar-refractivity contribution < 1.29 is 9.26 Å². The molecule has 24 heavy (non-hydrogen) atoms. The van der Waals surface area contributed by atoms with Crippen molar-refractivity contribution in [1.29, 1.82) is 0 Å². The van der Waals surface area contributed by atoms with E-state index in [1.165, 1.54) is 5.56 Å².